The molecule has 4 heteroatoms. The van der Waals surface area contributed by atoms with E-state index in [1.54, 1.807) is 18.2 Å². The molecule has 0 saturated carbocycles. The fraction of sp³-hybridized carbons (Fsp3) is 0.300. The Morgan fingerprint density at radius 3 is 2.64 bits per heavy atom. The summed E-state index contributed by atoms with van der Waals surface area (Å²) in [6.45, 7) is 0.313. The number of rotatable bonds is 3. The second-order valence-corrected chi connectivity index (χ2v) is 3.12. The first kappa shape index (κ1) is 10.5. The van der Waals surface area contributed by atoms with Crippen LogP contribution in [0.2, 0.25) is 0 Å². The van der Waals surface area contributed by atoms with E-state index in [0.717, 1.165) is 11.1 Å². The highest BCUT2D eigenvalue weighted by Crippen LogP contribution is 2.07. The van der Waals surface area contributed by atoms with Crippen LogP contribution in [0.1, 0.15) is 11.1 Å². The van der Waals surface area contributed by atoms with Crippen molar-refractivity contribution >= 4 is 6.09 Å². The molecule has 1 rings (SSSR count). The maximum absolute atomic E-state index is 10.5. The van der Waals surface area contributed by atoms with E-state index in [0.29, 0.717) is 6.54 Å². The summed E-state index contributed by atoms with van der Waals surface area (Å²) in [7, 11) is 1.51. The van der Waals surface area contributed by atoms with Crippen molar-refractivity contribution in [2.75, 3.05) is 7.05 Å². The largest absolute Gasteiger partial charge is 0.465 e. The van der Waals surface area contributed by atoms with Crippen molar-refractivity contribution in [2.45, 2.75) is 13.2 Å². The minimum atomic E-state index is -0.959. The van der Waals surface area contributed by atoms with Gasteiger partial charge in [0.1, 0.15) is 0 Å². The summed E-state index contributed by atoms with van der Waals surface area (Å²) < 4.78 is 0. The lowest BCUT2D eigenvalue weighted by molar-refractivity contribution is 0.153. The quantitative estimate of drug-likeness (QED) is 0.764. The number of hydrogen-bond acceptors (Lipinski definition) is 2. The lowest BCUT2D eigenvalue weighted by Crippen LogP contribution is -2.23. The fourth-order valence-electron chi connectivity index (χ4n) is 1.17. The molecular weight excluding hydrogens is 182 g/mol. The number of aliphatic hydroxyl groups excluding tert-OH is 1. The van der Waals surface area contributed by atoms with Crippen molar-refractivity contribution in [2.24, 2.45) is 0 Å². The second kappa shape index (κ2) is 4.62. The van der Waals surface area contributed by atoms with Crippen LogP contribution in [0.4, 0.5) is 4.79 Å². The first-order valence-corrected chi connectivity index (χ1v) is 4.26. The predicted octanol–water partition coefficient (Wildman–Crippen LogP) is 1.29. The molecule has 0 spiro atoms. The monoisotopic (exact) mass is 195 g/mol. The molecule has 0 atom stereocenters. The zero-order valence-electron chi connectivity index (χ0n) is 7.97. The van der Waals surface area contributed by atoms with E-state index in [-0.39, 0.29) is 6.61 Å². The Balaban J connectivity index is 2.71. The average molecular weight is 195 g/mol. The number of carboxylic acid groups (broad SMARTS) is 1. The number of amides is 1. The van der Waals surface area contributed by atoms with E-state index in [1.807, 2.05) is 6.07 Å². The lowest BCUT2D eigenvalue weighted by atomic mass is 10.1. The van der Waals surface area contributed by atoms with Gasteiger partial charge in [0.2, 0.25) is 0 Å². The number of benzene rings is 1. The molecule has 0 aliphatic carbocycles. The Hall–Kier alpha value is -1.55. The van der Waals surface area contributed by atoms with E-state index in [1.165, 1.54) is 11.9 Å². The molecule has 1 aromatic rings. The molecule has 0 aromatic heterocycles. The highest BCUT2D eigenvalue weighted by atomic mass is 16.4. The van der Waals surface area contributed by atoms with Gasteiger partial charge in [0.15, 0.2) is 0 Å². The summed E-state index contributed by atoms with van der Waals surface area (Å²) >= 11 is 0. The summed E-state index contributed by atoms with van der Waals surface area (Å²) in [5.41, 5.74) is 1.67. The van der Waals surface area contributed by atoms with Gasteiger partial charge in [0.25, 0.3) is 0 Å². The van der Waals surface area contributed by atoms with E-state index < -0.39 is 6.09 Å². The Bertz CT molecular complexity index is 325. The minimum absolute atomic E-state index is 0.0232. The molecule has 1 aromatic carbocycles. The zero-order valence-corrected chi connectivity index (χ0v) is 7.97. The minimum Gasteiger partial charge on any atom is -0.465 e. The molecule has 4 nitrogen and oxygen atoms in total. The van der Waals surface area contributed by atoms with Gasteiger partial charge in [-0.25, -0.2) is 4.79 Å². The van der Waals surface area contributed by atoms with Crippen LogP contribution in [-0.4, -0.2) is 28.3 Å². The van der Waals surface area contributed by atoms with Crippen LogP contribution in [-0.2, 0) is 13.2 Å². The molecule has 1 amide bonds. The van der Waals surface area contributed by atoms with Gasteiger partial charge < -0.3 is 15.1 Å². The highest BCUT2D eigenvalue weighted by Gasteiger charge is 2.05. The van der Waals surface area contributed by atoms with Gasteiger partial charge in [0.05, 0.1) is 6.61 Å². The number of aliphatic hydroxyl groups is 1. The molecule has 0 bridgehead atoms. The molecule has 0 fully saturated rings. The molecular formula is C10H13NO3. The van der Waals surface area contributed by atoms with E-state index in [4.69, 9.17) is 10.2 Å². The molecule has 0 aliphatic rings. The van der Waals surface area contributed by atoms with Crippen molar-refractivity contribution in [3.63, 3.8) is 0 Å². The van der Waals surface area contributed by atoms with E-state index in [9.17, 15) is 4.79 Å². The Morgan fingerprint density at radius 1 is 1.43 bits per heavy atom. The van der Waals surface area contributed by atoms with E-state index >= 15 is 0 Å². The molecule has 0 heterocycles. The van der Waals surface area contributed by atoms with Gasteiger partial charge >= 0.3 is 6.09 Å². The third-order valence-corrected chi connectivity index (χ3v) is 1.92. The van der Waals surface area contributed by atoms with Crippen LogP contribution in [0, 0.1) is 0 Å². The standard InChI is InChI=1S/C10H13NO3/c1-11(10(13)14)6-8-3-2-4-9(5-8)7-12/h2-5,12H,6-7H2,1H3,(H,13,14). The smallest absolute Gasteiger partial charge is 0.407 e. The topological polar surface area (TPSA) is 60.8 Å². The third-order valence-electron chi connectivity index (χ3n) is 1.92. The first-order valence-electron chi connectivity index (χ1n) is 4.26. The average Bonchev–Trinajstić information content (AvgIpc) is 2.18. The van der Waals surface area contributed by atoms with Crippen LogP contribution in [0.15, 0.2) is 24.3 Å². The molecule has 76 valence electrons. The lowest BCUT2D eigenvalue weighted by Gasteiger charge is -2.13. The zero-order chi connectivity index (χ0) is 10.6. The van der Waals surface area contributed by atoms with Gasteiger partial charge in [-0.3, -0.25) is 0 Å². The van der Waals surface area contributed by atoms with Crippen molar-refractivity contribution in [1.29, 1.82) is 0 Å². The Morgan fingerprint density at radius 2 is 2.07 bits per heavy atom. The van der Waals surface area contributed by atoms with Gasteiger partial charge in [0, 0.05) is 13.6 Å². The number of hydrogen-bond donors (Lipinski definition) is 2. The summed E-state index contributed by atoms with van der Waals surface area (Å²) in [4.78, 5) is 11.7. The van der Waals surface area contributed by atoms with Gasteiger partial charge in [-0.05, 0) is 11.1 Å². The van der Waals surface area contributed by atoms with Gasteiger partial charge in [-0.15, -0.1) is 0 Å². The maximum atomic E-state index is 10.5. The predicted molar refractivity (Wildman–Crippen MR) is 51.9 cm³/mol. The fourth-order valence-corrected chi connectivity index (χ4v) is 1.17. The van der Waals surface area contributed by atoms with Gasteiger partial charge in [-0.2, -0.15) is 0 Å². The normalized spacial score (nSPS) is 9.86. The number of carbonyl (C=O) groups is 1. The summed E-state index contributed by atoms with van der Waals surface area (Å²) in [5, 5.41) is 17.5. The summed E-state index contributed by atoms with van der Waals surface area (Å²) in [6, 6.07) is 7.22. The Labute approximate surface area is 82.4 Å². The van der Waals surface area contributed by atoms with Crippen LogP contribution in [0.25, 0.3) is 0 Å². The second-order valence-electron chi connectivity index (χ2n) is 3.12. The number of nitrogens with zero attached hydrogens (tertiary/aromatic N) is 1. The molecule has 0 unspecified atom stereocenters. The Kier molecular flexibility index (Phi) is 3.48. The van der Waals surface area contributed by atoms with E-state index in [2.05, 4.69) is 0 Å². The van der Waals surface area contributed by atoms with Crippen LogP contribution >= 0.6 is 0 Å². The first-order chi connectivity index (χ1) is 6.63. The highest BCUT2D eigenvalue weighted by molar-refractivity contribution is 5.64. The van der Waals surface area contributed by atoms with Crippen molar-refractivity contribution < 1.29 is 15.0 Å². The summed E-state index contributed by atoms with van der Waals surface area (Å²) in [5.74, 6) is 0. The SMILES string of the molecule is CN(Cc1cccc(CO)c1)C(=O)O. The third kappa shape index (κ3) is 2.74. The van der Waals surface area contributed by atoms with Gasteiger partial charge in [-0.1, -0.05) is 24.3 Å². The molecule has 0 saturated heterocycles. The molecule has 0 radical (unpaired) electrons. The maximum Gasteiger partial charge on any atom is 0.407 e. The van der Waals surface area contributed by atoms with Crippen LogP contribution in [0.3, 0.4) is 0 Å². The van der Waals surface area contributed by atoms with Crippen molar-refractivity contribution in [3.05, 3.63) is 35.4 Å². The molecule has 0 aliphatic heterocycles. The van der Waals surface area contributed by atoms with Crippen molar-refractivity contribution in [3.8, 4) is 0 Å². The van der Waals surface area contributed by atoms with Crippen LogP contribution < -0.4 is 0 Å². The molecule has 14 heavy (non-hydrogen) atoms. The molecule has 2 N–H and O–H groups in total. The van der Waals surface area contributed by atoms with Crippen molar-refractivity contribution in [1.82, 2.24) is 4.90 Å². The van der Waals surface area contributed by atoms with Crippen LogP contribution in [0.5, 0.6) is 0 Å². The summed E-state index contributed by atoms with van der Waals surface area (Å²) in [6.07, 6.45) is -0.959.